The highest BCUT2D eigenvalue weighted by atomic mass is 35.5. The number of alkyl halides is 2. The molecule has 1 aliphatic rings. The van der Waals surface area contributed by atoms with Crippen LogP contribution in [0.3, 0.4) is 0 Å². The van der Waals surface area contributed by atoms with Crippen molar-refractivity contribution in [2.75, 3.05) is 32.7 Å². The third-order valence-corrected chi connectivity index (χ3v) is 3.84. The summed E-state index contributed by atoms with van der Waals surface area (Å²) in [5.74, 6) is 0.0983. The third-order valence-electron chi connectivity index (χ3n) is 3.84. The predicted molar refractivity (Wildman–Crippen MR) is 78.3 cm³/mol. The van der Waals surface area contributed by atoms with E-state index in [0.717, 1.165) is 12.8 Å². The van der Waals surface area contributed by atoms with Crippen LogP contribution < -0.4 is 5.73 Å². The van der Waals surface area contributed by atoms with Crippen LogP contribution in [0.2, 0.25) is 0 Å². The molecule has 1 saturated heterocycles. The lowest BCUT2D eigenvalue weighted by atomic mass is 9.99. The van der Waals surface area contributed by atoms with Gasteiger partial charge in [-0.05, 0) is 12.3 Å². The number of amides is 1. The molecule has 1 fully saturated rings. The Morgan fingerprint density at radius 3 is 2.45 bits per heavy atom. The van der Waals surface area contributed by atoms with Crippen LogP contribution in [-0.4, -0.2) is 60.9 Å². The molecule has 1 aliphatic heterocycles. The highest BCUT2D eigenvalue weighted by Crippen LogP contribution is 2.11. The Balaban J connectivity index is 0.00000361. The molecule has 2 unspecified atom stereocenters. The average Bonchev–Trinajstić information content (AvgIpc) is 2.61. The first-order valence-corrected chi connectivity index (χ1v) is 7.00. The predicted octanol–water partition coefficient (Wildman–Crippen LogP) is 1.58. The number of halogens is 3. The molecule has 1 heterocycles. The van der Waals surface area contributed by atoms with Gasteiger partial charge in [0, 0.05) is 26.2 Å². The van der Waals surface area contributed by atoms with E-state index in [1.165, 1.54) is 0 Å². The summed E-state index contributed by atoms with van der Waals surface area (Å²) < 4.78 is 24.7. The highest BCUT2D eigenvalue weighted by Gasteiger charge is 2.27. The molecule has 20 heavy (non-hydrogen) atoms. The van der Waals surface area contributed by atoms with Gasteiger partial charge in [0.05, 0.1) is 12.6 Å². The van der Waals surface area contributed by atoms with Gasteiger partial charge in [0.15, 0.2) is 0 Å². The molecule has 7 heteroatoms. The second-order valence-electron chi connectivity index (χ2n) is 5.28. The van der Waals surface area contributed by atoms with Crippen LogP contribution >= 0.6 is 12.4 Å². The Hall–Kier alpha value is -0.460. The normalized spacial score (nSPS) is 20.2. The van der Waals surface area contributed by atoms with E-state index in [-0.39, 0.29) is 30.8 Å². The summed E-state index contributed by atoms with van der Waals surface area (Å²) in [5, 5.41) is 0. The Morgan fingerprint density at radius 2 is 1.90 bits per heavy atom. The Kier molecular flexibility index (Phi) is 9.25. The molecule has 2 N–H and O–H groups in total. The van der Waals surface area contributed by atoms with Crippen LogP contribution in [0.4, 0.5) is 8.78 Å². The fourth-order valence-electron chi connectivity index (χ4n) is 2.28. The summed E-state index contributed by atoms with van der Waals surface area (Å²) in [6.45, 7) is 5.99. The van der Waals surface area contributed by atoms with E-state index in [4.69, 9.17) is 5.73 Å². The quantitative estimate of drug-likeness (QED) is 0.838. The van der Waals surface area contributed by atoms with Crippen molar-refractivity contribution in [1.29, 1.82) is 0 Å². The fraction of sp³-hybridized carbons (Fsp3) is 0.923. The van der Waals surface area contributed by atoms with Crippen LogP contribution in [-0.2, 0) is 4.79 Å². The molecular weight excluding hydrogens is 288 g/mol. The second kappa shape index (κ2) is 9.47. The van der Waals surface area contributed by atoms with E-state index < -0.39 is 12.5 Å². The maximum atomic E-state index is 12.3. The van der Waals surface area contributed by atoms with Gasteiger partial charge >= 0.3 is 0 Å². The summed E-state index contributed by atoms with van der Waals surface area (Å²) in [4.78, 5) is 15.7. The lowest BCUT2D eigenvalue weighted by Crippen LogP contribution is -2.48. The molecule has 2 atom stereocenters. The van der Waals surface area contributed by atoms with E-state index >= 15 is 0 Å². The van der Waals surface area contributed by atoms with Crippen LogP contribution in [0.25, 0.3) is 0 Å². The molecule has 0 aromatic rings. The van der Waals surface area contributed by atoms with Crippen molar-refractivity contribution in [3.05, 3.63) is 0 Å². The molecule has 1 amide bonds. The van der Waals surface area contributed by atoms with E-state index in [9.17, 15) is 13.6 Å². The molecule has 0 aromatic carbocycles. The van der Waals surface area contributed by atoms with Crippen molar-refractivity contribution in [2.45, 2.75) is 39.2 Å². The Bertz CT molecular complexity index is 295. The van der Waals surface area contributed by atoms with E-state index in [1.807, 2.05) is 13.8 Å². The first-order chi connectivity index (χ1) is 8.95. The van der Waals surface area contributed by atoms with Crippen molar-refractivity contribution in [2.24, 2.45) is 11.7 Å². The van der Waals surface area contributed by atoms with Crippen molar-refractivity contribution >= 4 is 18.3 Å². The standard InChI is InChI=1S/C13H25F2N3O.ClH/c1-3-10(2)12(16)13(19)18-6-4-5-17(7-8-18)9-11(14)15;/h10-12H,3-9,16H2,1-2H3;1H. The second-order valence-corrected chi connectivity index (χ2v) is 5.28. The Morgan fingerprint density at radius 1 is 1.25 bits per heavy atom. The molecule has 120 valence electrons. The van der Waals surface area contributed by atoms with Crippen LogP contribution in [0.1, 0.15) is 26.7 Å². The average molecular weight is 314 g/mol. The molecule has 0 saturated carbocycles. The minimum atomic E-state index is -2.32. The SMILES string of the molecule is CCC(C)C(N)C(=O)N1CCCN(CC(F)F)CC1.Cl. The maximum absolute atomic E-state index is 12.3. The van der Waals surface area contributed by atoms with Crippen molar-refractivity contribution in [3.63, 3.8) is 0 Å². The van der Waals surface area contributed by atoms with Gasteiger partial charge in [-0.1, -0.05) is 20.3 Å². The van der Waals surface area contributed by atoms with Crippen LogP contribution in [0.5, 0.6) is 0 Å². The zero-order valence-corrected chi connectivity index (χ0v) is 13.0. The first kappa shape index (κ1) is 19.5. The number of nitrogens with two attached hydrogens (primary N) is 1. The summed E-state index contributed by atoms with van der Waals surface area (Å²) >= 11 is 0. The number of hydrogen-bond donors (Lipinski definition) is 1. The van der Waals surface area contributed by atoms with Crippen molar-refractivity contribution < 1.29 is 13.6 Å². The zero-order chi connectivity index (χ0) is 14.4. The number of carbonyl (C=O) groups excluding carboxylic acids is 1. The largest absolute Gasteiger partial charge is 0.340 e. The molecule has 0 bridgehead atoms. The van der Waals surface area contributed by atoms with Gasteiger partial charge in [-0.25, -0.2) is 8.78 Å². The molecule has 0 aromatic heterocycles. The van der Waals surface area contributed by atoms with Crippen LogP contribution in [0, 0.1) is 5.92 Å². The molecule has 1 rings (SSSR count). The van der Waals surface area contributed by atoms with Gasteiger partial charge in [0.1, 0.15) is 0 Å². The van der Waals surface area contributed by atoms with Gasteiger partial charge in [-0.3, -0.25) is 9.69 Å². The topological polar surface area (TPSA) is 49.6 Å². The summed E-state index contributed by atoms with van der Waals surface area (Å²) in [6.07, 6.45) is -0.728. The van der Waals surface area contributed by atoms with Crippen molar-refractivity contribution in [1.82, 2.24) is 9.80 Å². The van der Waals surface area contributed by atoms with Gasteiger partial charge in [0.25, 0.3) is 6.43 Å². The lowest BCUT2D eigenvalue weighted by Gasteiger charge is -2.27. The molecule has 0 radical (unpaired) electrons. The monoisotopic (exact) mass is 313 g/mol. The van der Waals surface area contributed by atoms with E-state index in [2.05, 4.69) is 0 Å². The minimum absolute atomic E-state index is 0. The number of carbonyl (C=O) groups is 1. The van der Waals surface area contributed by atoms with E-state index in [0.29, 0.717) is 26.2 Å². The van der Waals surface area contributed by atoms with Gasteiger partial charge in [0.2, 0.25) is 5.91 Å². The summed E-state index contributed by atoms with van der Waals surface area (Å²) in [6, 6.07) is -0.480. The molecule has 4 nitrogen and oxygen atoms in total. The van der Waals surface area contributed by atoms with Crippen LogP contribution in [0.15, 0.2) is 0 Å². The van der Waals surface area contributed by atoms with Crippen molar-refractivity contribution in [3.8, 4) is 0 Å². The molecule has 0 spiro atoms. The lowest BCUT2D eigenvalue weighted by molar-refractivity contribution is -0.133. The number of nitrogens with zero attached hydrogens (tertiary/aromatic N) is 2. The number of rotatable bonds is 5. The summed E-state index contributed by atoms with van der Waals surface area (Å²) in [7, 11) is 0. The molecule has 0 aliphatic carbocycles. The zero-order valence-electron chi connectivity index (χ0n) is 12.2. The first-order valence-electron chi connectivity index (χ1n) is 7.00. The Labute approximate surface area is 126 Å². The smallest absolute Gasteiger partial charge is 0.251 e. The van der Waals surface area contributed by atoms with Gasteiger partial charge < -0.3 is 10.6 Å². The third kappa shape index (κ3) is 5.89. The summed E-state index contributed by atoms with van der Waals surface area (Å²) in [5.41, 5.74) is 5.94. The highest BCUT2D eigenvalue weighted by molar-refractivity contribution is 5.85. The van der Waals surface area contributed by atoms with Gasteiger partial charge in [-0.15, -0.1) is 12.4 Å². The maximum Gasteiger partial charge on any atom is 0.251 e. The van der Waals surface area contributed by atoms with E-state index in [1.54, 1.807) is 9.80 Å². The molecular formula is C13H26ClF2N3O. The fourth-order valence-corrected chi connectivity index (χ4v) is 2.28. The minimum Gasteiger partial charge on any atom is -0.340 e. The number of hydrogen-bond acceptors (Lipinski definition) is 3. The van der Waals surface area contributed by atoms with Gasteiger partial charge in [-0.2, -0.15) is 0 Å².